The summed E-state index contributed by atoms with van der Waals surface area (Å²) in [5.41, 5.74) is 5.07. The van der Waals surface area contributed by atoms with E-state index in [0.717, 1.165) is 16.4 Å². The molecular weight excluding hydrogens is 337 g/mol. The van der Waals surface area contributed by atoms with Crippen molar-refractivity contribution in [1.82, 2.24) is 9.21 Å². The van der Waals surface area contributed by atoms with Gasteiger partial charge in [0.25, 0.3) is 0 Å². The predicted octanol–water partition coefficient (Wildman–Crippen LogP) is 0.313. The van der Waals surface area contributed by atoms with Crippen LogP contribution in [-0.4, -0.2) is 55.6 Å². The van der Waals surface area contributed by atoms with E-state index >= 15 is 0 Å². The van der Waals surface area contributed by atoms with Crippen LogP contribution in [0.1, 0.15) is 19.3 Å². The van der Waals surface area contributed by atoms with Crippen molar-refractivity contribution in [2.75, 3.05) is 20.1 Å². The molecule has 2 rings (SSSR count). The summed E-state index contributed by atoms with van der Waals surface area (Å²) in [6.45, 7) is 0.356. The number of nitrogens with zero attached hydrogens (tertiary/aromatic N) is 2. The van der Waals surface area contributed by atoms with Gasteiger partial charge >= 0.3 is 0 Å². The Kier molecular flexibility index (Phi) is 5.55. The van der Waals surface area contributed by atoms with Crippen LogP contribution >= 0.6 is 0 Å². The maximum absolute atomic E-state index is 13.0. The molecule has 9 heteroatoms. The fourth-order valence-electron chi connectivity index (χ4n) is 2.66. The second-order valence-corrected chi connectivity index (χ2v) is 7.59. The second-order valence-electron chi connectivity index (χ2n) is 5.70. The minimum Gasteiger partial charge on any atom is -0.370 e. The van der Waals surface area contributed by atoms with Crippen molar-refractivity contribution in [3.63, 3.8) is 0 Å². The first-order valence-corrected chi connectivity index (χ1v) is 8.98. The number of primary amides is 1. The van der Waals surface area contributed by atoms with Crippen LogP contribution in [0.4, 0.5) is 4.39 Å². The van der Waals surface area contributed by atoms with E-state index in [1.165, 1.54) is 24.1 Å². The molecule has 0 spiro atoms. The SMILES string of the molecule is CN(CCC(N)=O)C(=O)C1CCCN1S(=O)(=O)c1ccc(F)cc1. The van der Waals surface area contributed by atoms with Gasteiger partial charge in [0, 0.05) is 26.6 Å². The molecule has 0 bridgehead atoms. The average molecular weight is 357 g/mol. The highest BCUT2D eigenvalue weighted by Crippen LogP contribution is 2.27. The predicted molar refractivity (Wildman–Crippen MR) is 84.8 cm³/mol. The average Bonchev–Trinajstić information content (AvgIpc) is 3.02. The van der Waals surface area contributed by atoms with Gasteiger partial charge < -0.3 is 10.6 Å². The van der Waals surface area contributed by atoms with Crippen molar-refractivity contribution in [2.45, 2.75) is 30.2 Å². The van der Waals surface area contributed by atoms with Crippen LogP contribution in [0.5, 0.6) is 0 Å². The first kappa shape index (κ1) is 18.3. The number of carbonyl (C=O) groups is 2. The molecule has 1 heterocycles. The van der Waals surface area contributed by atoms with Crippen molar-refractivity contribution < 1.29 is 22.4 Å². The van der Waals surface area contributed by atoms with E-state index in [0.29, 0.717) is 12.8 Å². The summed E-state index contributed by atoms with van der Waals surface area (Å²) in [6.07, 6.45) is 0.973. The van der Waals surface area contributed by atoms with Crippen LogP contribution in [0.2, 0.25) is 0 Å². The number of benzene rings is 1. The molecule has 0 radical (unpaired) electrons. The minimum absolute atomic E-state index is 0.0136. The number of sulfonamides is 1. The molecule has 24 heavy (non-hydrogen) atoms. The zero-order chi connectivity index (χ0) is 17.9. The van der Waals surface area contributed by atoms with Gasteiger partial charge in [-0.1, -0.05) is 0 Å². The van der Waals surface area contributed by atoms with E-state index < -0.39 is 27.8 Å². The fourth-order valence-corrected chi connectivity index (χ4v) is 4.31. The maximum Gasteiger partial charge on any atom is 0.243 e. The summed E-state index contributed by atoms with van der Waals surface area (Å²) in [5.74, 6) is -1.44. The first-order valence-electron chi connectivity index (χ1n) is 7.54. The van der Waals surface area contributed by atoms with E-state index in [-0.39, 0.29) is 30.3 Å². The van der Waals surface area contributed by atoms with Gasteiger partial charge in [-0.25, -0.2) is 12.8 Å². The van der Waals surface area contributed by atoms with Gasteiger partial charge in [0.2, 0.25) is 21.8 Å². The van der Waals surface area contributed by atoms with Gasteiger partial charge in [-0.05, 0) is 37.1 Å². The Hall–Kier alpha value is -2.00. The van der Waals surface area contributed by atoms with E-state index in [1.807, 2.05) is 0 Å². The zero-order valence-electron chi connectivity index (χ0n) is 13.3. The fraction of sp³-hybridized carbons (Fsp3) is 0.467. The number of likely N-dealkylation sites (N-methyl/N-ethyl adjacent to an activating group) is 1. The molecule has 7 nitrogen and oxygen atoms in total. The lowest BCUT2D eigenvalue weighted by Crippen LogP contribution is -2.47. The van der Waals surface area contributed by atoms with Crippen molar-refractivity contribution >= 4 is 21.8 Å². The van der Waals surface area contributed by atoms with Crippen molar-refractivity contribution in [2.24, 2.45) is 5.73 Å². The summed E-state index contributed by atoms with van der Waals surface area (Å²) >= 11 is 0. The van der Waals surface area contributed by atoms with Crippen LogP contribution in [0, 0.1) is 5.82 Å². The van der Waals surface area contributed by atoms with E-state index in [4.69, 9.17) is 5.73 Å². The topological polar surface area (TPSA) is 101 Å². The number of rotatable bonds is 6. The number of halogens is 1. The van der Waals surface area contributed by atoms with Gasteiger partial charge in [-0.3, -0.25) is 9.59 Å². The summed E-state index contributed by atoms with van der Waals surface area (Å²) in [7, 11) is -2.38. The standard InChI is InChI=1S/C15H20FN3O4S/c1-18(10-8-14(17)20)15(21)13-3-2-9-19(13)24(22,23)12-6-4-11(16)5-7-12/h4-7,13H,2-3,8-10H2,1H3,(H2,17,20). The normalized spacial score (nSPS) is 18.5. The van der Waals surface area contributed by atoms with E-state index in [9.17, 15) is 22.4 Å². The summed E-state index contributed by atoms with van der Waals surface area (Å²) < 4.78 is 39.6. The van der Waals surface area contributed by atoms with Gasteiger partial charge in [0.15, 0.2) is 0 Å². The van der Waals surface area contributed by atoms with E-state index in [1.54, 1.807) is 0 Å². The van der Waals surface area contributed by atoms with Gasteiger partial charge in [0.1, 0.15) is 11.9 Å². The van der Waals surface area contributed by atoms with E-state index in [2.05, 4.69) is 0 Å². The van der Waals surface area contributed by atoms with Crippen molar-refractivity contribution in [3.8, 4) is 0 Å². The lowest BCUT2D eigenvalue weighted by atomic mass is 10.2. The van der Waals surface area contributed by atoms with Crippen molar-refractivity contribution in [1.29, 1.82) is 0 Å². The van der Waals surface area contributed by atoms with Crippen LogP contribution in [0.15, 0.2) is 29.2 Å². The number of amides is 2. The van der Waals surface area contributed by atoms with Gasteiger partial charge in [0.05, 0.1) is 4.90 Å². The van der Waals surface area contributed by atoms with Crippen molar-refractivity contribution in [3.05, 3.63) is 30.1 Å². The summed E-state index contributed by atoms with van der Waals surface area (Å²) in [4.78, 5) is 24.6. The largest absolute Gasteiger partial charge is 0.370 e. The Labute approximate surface area is 140 Å². The molecule has 0 aliphatic carbocycles. The molecule has 0 saturated carbocycles. The highest BCUT2D eigenvalue weighted by Gasteiger charge is 2.40. The van der Waals surface area contributed by atoms with Crippen LogP contribution < -0.4 is 5.73 Å². The molecule has 2 amide bonds. The zero-order valence-corrected chi connectivity index (χ0v) is 14.1. The van der Waals surface area contributed by atoms with Crippen LogP contribution in [0.3, 0.4) is 0 Å². The van der Waals surface area contributed by atoms with Gasteiger partial charge in [-0.2, -0.15) is 4.31 Å². The molecule has 1 fully saturated rings. The minimum atomic E-state index is -3.89. The third-order valence-corrected chi connectivity index (χ3v) is 5.90. The maximum atomic E-state index is 13.0. The molecule has 1 aromatic rings. The molecule has 1 aromatic carbocycles. The molecular formula is C15H20FN3O4S. The number of hydrogen-bond acceptors (Lipinski definition) is 4. The second kappa shape index (κ2) is 7.27. The Morgan fingerprint density at radius 3 is 2.54 bits per heavy atom. The Balaban J connectivity index is 2.18. The molecule has 1 unspecified atom stereocenters. The highest BCUT2D eigenvalue weighted by atomic mass is 32.2. The molecule has 1 atom stereocenters. The molecule has 1 aliphatic heterocycles. The monoisotopic (exact) mass is 357 g/mol. The lowest BCUT2D eigenvalue weighted by Gasteiger charge is -2.27. The first-order chi connectivity index (χ1) is 11.2. The Bertz CT molecular complexity index is 721. The summed E-state index contributed by atoms with van der Waals surface area (Å²) in [5, 5.41) is 0. The quantitative estimate of drug-likeness (QED) is 0.792. The highest BCUT2D eigenvalue weighted by molar-refractivity contribution is 7.89. The molecule has 132 valence electrons. The van der Waals surface area contributed by atoms with Gasteiger partial charge in [-0.15, -0.1) is 0 Å². The molecule has 2 N–H and O–H groups in total. The smallest absolute Gasteiger partial charge is 0.243 e. The Morgan fingerprint density at radius 2 is 1.96 bits per heavy atom. The summed E-state index contributed by atoms with van der Waals surface area (Å²) in [6, 6.07) is 3.68. The number of nitrogens with two attached hydrogens (primary N) is 1. The molecule has 1 saturated heterocycles. The third-order valence-electron chi connectivity index (χ3n) is 3.98. The lowest BCUT2D eigenvalue weighted by molar-refractivity contribution is -0.133. The number of carbonyl (C=O) groups excluding carboxylic acids is 2. The Morgan fingerprint density at radius 1 is 1.33 bits per heavy atom. The molecule has 1 aliphatic rings. The third kappa shape index (κ3) is 3.90. The number of hydrogen-bond donors (Lipinski definition) is 1. The molecule has 0 aromatic heterocycles. The van der Waals surface area contributed by atoms with Crippen LogP contribution in [-0.2, 0) is 19.6 Å². The van der Waals surface area contributed by atoms with Crippen LogP contribution in [0.25, 0.3) is 0 Å².